The van der Waals surface area contributed by atoms with E-state index in [4.69, 9.17) is 4.74 Å². The van der Waals surface area contributed by atoms with Gasteiger partial charge in [-0.25, -0.2) is 0 Å². The molecule has 0 aromatic rings. The molecule has 0 rings (SSSR count). The van der Waals surface area contributed by atoms with Crippen LogP contribution in [0.25, 0.3) is 0 Å². The summed E-state index contributed by atoms with van der Waals surface area (Å²) in [5, 5.41) is 3.54. The molecule has 0 aromatic heterocycles. The van der Waals surface area contributed by atoms with E-state index >= 15 is 0 Å². The Balaban J connectivity index is 3.91. The summed E-state index contributed by atoms with van der Waals surface area (Å²) in [5.74, 6) is 1.42. The molecule has 0 aliphatic heterocycles. The van der Waals surface area contributed by atoms with E-state index in [-0.39, 0.29) is 0 Å². The average molecular weight is 215 g/mol. The van der Waals surface area contributed by atoms with Crippen molar-refractivity contribution < 1.29 is 4.74 Å². The Labute approximate surface area is 95.8 Å². The van der Waals surface area contributed by atoms with Crippen molar-refractivity contribution in [1.29, 1.82) is 0 Å². The second-order valence-corrected chi connectivity index (χ2v) is 5.90. The molecule has 0 fully saturated rings. The maximum atomic E-state index is 5.17. The Morgan fingerprint density at radius 3 is 2.13 bits per heavy atom. The summed E-state index contributed by atoms with van der Waals surface area (Å²) in [6, 6.07) is 0. The van der Waals surface area contributed by atoms with Crippen LogP contribution in [0.5, 0.6) is 0 Å². The first-order valence-electron chi connectivity index (χ1n) is 6.07. The van der Waals surface area contributed by atoms with Crippen molar-refractivity contribution >= 4 is 0 Å². The van der Waals surface area contributed by atoms with Crippen molar-refractivity contribution in [3.8, 4) is 0 Å². The fourth-order valence-electron chi connectivity index (χ4n) is 1.65. The van der Waals surface area contributed by atoms with Crippen LogP contribution in [-0.4, -0.2) is 26.8 Å². The monoisotopic (exact) mass is 215 g/mol. The van der Waals surface area contributed by atoms with E-state index in [1.807, 2.05) is 0 Å². The summed E-state index contributed by atoms with van der Waals surface area (Å²) in [6.07, 6.45) is 1.14. The largest absolute Gasteiger partial charge is 0.385 e. The molecular weight excluding hydrogens is 186 g/mol. The van der Waals surface area contributed by atoms with Gasteiger partial charge in [0, 0.05) is 13.7 Å². The SMILES string of the molecule is COCCC(CNCC(C)C)C(C)(C)C. The van der Waals surface area contributed by atoms with Gasteiger partial charge in [0.15, 0.2) is 0 Å². The highest BCUT2D eigenvalue weighted by Gasteiger charge is 2.23. The standard InChI is InChI=1S/C13H29NO/c1-11(2)9-14-10-12(7-8-15-6)13(3,4)5/h11-12,14H,7-10H2,1-6H3. The van der Waals surface area contributed by atoms with Crippen molar-refractivity contribution in [3.63, 3.8) is 0 Å². The Morgan fingerprint density at radius 1 is 1.13 bits per heavy atom. The first kappa shape index (κ1) is 14.9. The molecule has 1 atom stereocenters. The number of ether oxygens (including phenoxy) is 1. The maximum absolute atomic E-state index is 5.17. The van der Waals surface area contributed by atoms with Crippen molar-refractivity contribution in [2.75, 3.05) is 26.8 Å². The summed E-state index contributed by atoms with van der Waals surface area (Å²) in [7, 11) is 1.78. The quantitative estimate of drug-likeness (QED) is 0.705. The molecule has 1 unspecified atom stereocenters. The molecule has 0 spiro atoms. The molecular formula is C13H29NO. The topological polar surface area (TPSA) is 21.3 Å². The molecule has 0 aliphatic carbocycles. The Bertz CT molecular complexity index is 149. The van der Waals surface area contributed by atoms with Gasteiger partial charge in [-0.3, -0.25) is 0 Å². The van der Waals surface area contributed by atoms with Gasteiger partial charge in [0.2, 0.25) is 0 Å². The van der Waals surface area contributed by atoms with E-state index in [1.54, 1.807) is 7.11 Å². The number of methoxy groups -OCH3 is 1. The lowest BCUT2D eigenvalue weighted by atomic mass is 9.79. The molecule has 0 saturated heterocycles. The van der Waals surface area contributed by atoms with Crippen molar-refractivity contribution in [2.24, 2.45) is 17.3 Å². The van der Waals surface area contributed by atoms with Crippen LogP contribution in [0.3, 0.4) is 0 Å². The van der Waals surface area contributed by atoms with Crippen molar-refractivity contribution in [2.45, 2.75) is 41.0 Å². The molecule has 0 saturated carbocycles. The smallest absolute Gasteiger partial charge is 0.0465 e. The minimum Gasteiger partial charge on any atom is -0.385 e. The third-order valence-corrected chi connectivity index (χ3v) is 2.84. The molecule has 1 N–H and O–H groups in total. The fourth-order valence-corrected chi connectivity index (χ4v) is 1.65. The van der Waals surface area contributed by atoms with Crippen LogP contribution < -0.4 is 5.32 Å². The molecule has 92 valence electrons. The zero-order valence-electron chi connectivity index (χ0n) is 11.4. The second kappa shape index (κ2) is 7.24. The van der Waals surface area contributed by atoms with Crippen molar-refractivity contribution in [1.82, 2.24) is 5.32 Å². The van der Waals surface area contributed by atoms with Gasteiger partial charge >= 0.3 is 0 Å². The number of nitrogens with one attached hydrogen (secondary N) is 1. The lowest BCUT2D eigenvalue weighted by molar-refractivity contribution is 0.134. The Morgan fingerprint density at radius 2 is 1.73 bits per heavy atom. The van der Waals surface area contributed by atoms with Crippen LogP contribution in [0.1, 0.15) is 41.0 Å². The van der Waals surface area contributed by atoms with E-state index in [0.29, 0.717) is 11.3 Å². The zero-order chi connectivity index (χ0) is 11.9. The van der Waals surface area contributed by atoms with Gasteiger partial charge < -0.3 is 10.1 Å². The summed E-state index contributed by atoms with van der Waals surface area (Å²) >= 11 is 0. The van der Waals surface area contributed by atoms with E-state index in [2.05, 4.69) is 39.9 Å². The van der Waals surface area contributed by atoms with E-state index in [1.165, 1.54) is 0 Å². The van der Waals surface area contributed by atoms with Crippen molar-refractivity contribution in [3.05, 3.63) is 0 Å². The van der Waals surface area contributed by atoms with Crippen LogP contribution in [0.2, 0.25) is 0 Å². The summed E-state index contributed by atoms with van der Waals surface area (Å²) in [4.78, 5) is 0. The van der Waals surface area contributed by atoms with Gasteiger partial charge in [-0.1, -0.05) is 34.6 Å². The molecule has 0 heterocycles. The molecule has 15 heavy (non-hydrogen) atoms. The summed E-state index contributed by atoms with van der Waals surface area (Å²) < 4.78 is 5.17. The van der Waals surface area contributed by atoms with E-state index in [0.717, 1.165) is 32.0 Å². The zero-order valence-corrected chi connectivity index (χ0v) is 11.4. The van der Waals surface area contributed by atoms with Gasteiger partial charge in [-0.05, 0) is 36.8 Å². The number of rotatable bonds is 7. The lowest BCUT2D eigenvalue weighted by Gasteiger charge is -2.31. The first-order valence-corrected chi connectivity index (χ1v) is 6.07. The maximum Gasteiger partial charge on any atom is 0.0465 e. The Kier molecular flexibility index (Phi) is 7.20. The van der Waals surface area contributed by atoms with Crippen LogP contribution in [-0.2, 0) is 4.74 Å². The van der Waals surface area contributed by atoms with E-state index in [9.17, 15) is 0 Å². The van der Waals surface area contributed by atoms with Gasteiger partial charge in [0.05, 0.1) is 0 Å². The lowest BCUT2D eigenvalue weighted by Crippen LogP contribution is -2.34. The fraction of sp³-hybridized carbons (Fsp3) is 1.00. The summed E-state index contributed by atoms with van der Waals surface area (Å²) in [6.45, 7) is 14.5. The van der Waals surface area contributed by atoms with Gasteiger partial charge in [0.1, 0.15) is 0 Å². The molecule has 0 aromatic carbocycles. The highest BCUT2D eigenvalue weighted by molar-refractivity contribution is 4.76. The molecule has 2 heteroatoms. The molecule has 0 bridgehead atoms. The Hall–Kier alpha value is -0.0800. The number of hydrogen-bond acceptors (Lipinski definition) is 2. The molecule has 0 amide bonds. The summed E-state index contributed by atoms with van der Waals surface area (Å²) in [5.41, 5.74) is 0.364. The van der Waals surface area contributed by atoms with Gasteiger partial charge in [0.25, 0.3) is 0 Å². The second-order valence-electron chi connectivity index (χ2n) is 5.90. The normalized spacial score (nSPS) is 14.6. The van der Waals surface area contributed by atoms with Gasteiger partial charge in [-0.15, -0.1) is 0 Å². The van der Waals surface area contributed by atoms with Crippen LogP contribution >= 0.6 is 0 Å². The minimum absolute atomic E-state index is 0.364. The molecule has 2 nitrogen and oxygen atoms in total. The highest BCUT2D eigenvalue weighted by atomic mass is 16.5. The van der Waals surface area contributed by atoms with Crippen LogP contribution in [0, 0.1) is 17.3 Å². The third kappa shape index (κ3) is 7.80. The van der Waals surface area contributed by atoms with E-state index < -0.39 is 0 Å². The average Bonchev–Trinajstić information content (AvgIpc) is 2.08. The third-order valence-electron chi connectivity index (χ3n) is 2.84. The molecule has 0 aliphatic rings. The van der Waals surface area contributed by atoms with Crippen LogP contribution in [0.15, 0.2) is 0 Å². The minimum atomic E-state index is 0.364. The predicted octanol–water partition coefficient (Wildman–Crippen LogP) is 2.93. The number of hydrogen-bond donors (Lipinski definition) is 1. The highest BCUT2D eigenvalue weighted by Crippen LogP contribution is 2.28. The first-order chi connectivity index (χ1) is 6.88. The molecule has 0 radical (unpaired) electrons. The predicted molar refractivity (Wildman–Crippen MR) is 67.1 cm³/mol. The van der Waals surface area contributed by atoms with Crippen LogP contribution in [0.4, 0.5) is 0 Å². The van der Waals surface area contributed by atoms with Gasteiger partial charge in [-0.2, -0.15) is 0 Å².